The zero-order chi connectivity index (χ0) is 13.0. The summed E-state index contributed by atoms with van der Waals surface area (Å²) in [6.45, 7) is 4.47. The van der Waals surface area contributed by atoms with E-state index in [4.69, 9.17) is 15.0 Å². The Morgan fingerprint density at radius 2 is 2.28 bits per heavy atom. The molecule has 1 atom stereocenters. The van der Waals surface area contributed by atoms with Gasteiger partial charge in [-0.3, -0.25) is 0 Å². The molecule has 0 saturated heterocycles. The van der Waals surface area contributed by atoms with Crippen molar-refractivity contribution in [2.45, 2.75) is 64.0 Å². The van der Waals surface area contributed by atoms with Crippen LogP contribution in [0.15, 0.2) is 4.52 Å². The molecule has 0 aromatic carbocycles. The summed E-state index contributed by atoms with van der Waals surface area (Å²) in [6.07, 6.45) is 6.91. The highest BCUT2D eigenvalue weighted by Crippen LogP contribution is 2.24. The minimum Gasteiger partial charge on any atom is -0.376 e. The van der Waals surface area contributed by atoms with Gasteiger partial charge in [-0.25, -0.2) is 0 Å². The van der Waals surface area contributed by atoms with Gasteiger partial charge in [-0.1, -0.05) is 18.5 Å². The van der Waals surface area contributed by atoms with E-state index in [0.29, 0.717) is 24.4 Å². The van der Waals surface area contributed by atoms with Crippen LogP contribution in [0.4, 0.5) is 0 Å². The molecular formula is C13H23N3O2. The lowest BCUT2D eigenvalue weighted by molar-refractivity contribution is -0.0222. The summed E-state index contributed by atoms with van der Waals surface area (Å²) in [7, 11) is 0. The molecule has 5 nitrogen and oxygen atoms in total. The molecule has 0 amide bonds. The van der Waals surface area contributed by atoms with E-state index in [9.17, 15) is 0 Å². The van der Waals surface area contributed by atoms with Gasteiger partial charge < -0.3 is 15.0 Å². The number of rotatable bonds is 7. The summed E-state index contributed by atoms with van der Waals surface area (Å²) in [5.41, 5.74) is 5.53. The second-order valence-electron chi connectivity index (χ2n) is 5.40. The second kappa shape index (κ2) is 5.80. The van der Waals surface area contributed by atoms with E-state index in [2.05, 4.69) is 17.1 Å². The largest absolute Gasteiger partial charge is 0.376 e. The van der Waals surface area contributed by atoms with Crippen LogP contribution in [-0.2, 0) is 16.7 Å². The van der Waals surface area contributed by atoms with Gasteiger partial charge in [0.25, 0.3) is 0 Å². The second-order valence-corrected chi connectivity index (χ2v) is 5.40. The van der Waals surface area contributed by atoms with Crippen molar-refractivity contribution in [2.24, 2.45) is 5.73 Å². The Morgan fingerprint density at radius 1 is 1.50 bits per heavy atom. The monoisotopic (exact) mass is 253 g/mol. The SMILES string of the molecule is CCCCc1nc(C(C)(N)COC2CCC2)no1. The molecule has 1 aromatic heterocycles. The molecule has 0 spiro atoms. The van der Waals surface area contributed by atoms with Crippen molar-refractivity contribution in [1.29, 1.82) is 0 Å². The highest BCUT2D eigenvalue weighted by molar-refractivity contribution is 5.02. The fourth-order valence-electron chi connectivity index (χ4n) is 1.81. The van der Waals surface area contributed by atoms with Crippen LogP contribution >= 0.6 is 0 Å². The average Bonchev–Trinajstić information content (AvgIpc) is 2.73. The fourth-order valence-corrected chi connectivity index (χ4v) is 1.81. The van der Waals surface area contributed by atoms with Crippen LogP contribution < -0.4 is 5.73 Å². The first kappa shape index (κ1) is 13.5. The maximum absolute atomic E-state index is 6.20. The lowest BCUT2D eigenvalue weighted by Gasteiger charge is -2.29. The summed E-state index contributed by atoms with van der Waals surface area (Å²) in [4.78, 5) is 4.36. The number of nitrogens with zero attached hydrogens (tertiary/aromatic N) is 2. The van der Waals surface area contributed by atoms with E-state index in [-0.39, 0.29) is 0 Å². The van der Waals surface area contributed by atoms with Gasteiger partial charge in [-0.2, -0.15) is 4.98 Å². The molecular weight excluding hydrogens is 230 g/mol. The molecule has 0 bridgehead atoms. The summed E-state index contributed by atoms with van der Waals surface area (Å²) in [5.74, 6) is 1.22. The number of ether oxygens (including phenoxy) is 1. The molecule has 1 fully saturated rings. The van der Waals surface area contributed by atoms with Crippen molar-refractivity contribution in [3.05, 3.63) is 11.7 Å². The van der Waals surface area contributed by atoms with Crippen LogP contribution in [0.25, 0.3) is 0 Å². The lowest BCUT2D eigenvalue weighted by Crippen LogP contribution is -2.41. The average molecular weight is 253 g/mol. The number of aryl methyl sites for hydroxylation is 1. The maximum Gasteiger partial charge on any atom is 0.226 e. The van der Waals surface area contributed by atoms with E-state index < -0.39 is 5.54 Å². The van der Waals surface area contributed by atoms with Crippen molar-refractivity contribution in [3.63, 3.8) is 0 Å². The van der Waals surface area contributed by atoms with E-state index in [1.165, 1.54) is 6.42 Å². The van der Waals surface area contributed by atoms with Gasteiger partial charge >= 0.3 is 0 Å². The van der Waals surface area contributed by atoms with Gasteiger partial charge in [-0.15, -0.1) is 0 Å². The Kier molecular flexibility index (Phi) is 4.35. The van der Waals surface area contributed by atoms with Crippen LogP contribution in [0.1, 0.15) is 57.7 Å². The van der Waals surface area contributed by atoms with Gasteiger partial charge in [0.05, 0.1) is 12.7 Å². The standard InChI is InChI=1S/C13H23N3O2/c1-3-4-8-11-15-12(16-18-11)13(2,14)9-17-10-6-5-7-10/h10H,3-9,14H2,1-2H3. The van der Waals surface area contributed by atoms with Crippen LogP contribution in [0.3, 0.4) is 0 Å². The van der Waals surface area contributed by atoms with Crippen LogP contribution in [0.5, 0.6) is 0 Å². The predicted molar refractivity (Wildman–Crippen MR) is 68.0 cm³/mol. The highest BCUT2D eigenvalue weighted by Gasteiger charge is 2.30. The number of nitrogens with two attached hydrogens (primary N) is 1. The molecule has 1 unspecified atom stereocenters. The van der Waals surface area contributed by atoms with Crippen LogP contribution in [-0.4, -0.2) is 22.9 Å². The van der Waals surface area contributed by atoms with E-state index >= 15 is 0 Å². The zero-order valence-electron chi connectivity index (χ0n) is 11.3. The molecule has 1 aliphatic carbocycles. The van der Waals surface area contributed by atoms with Crippen molar-refractivity contribution < 1.29 is 9.26 Å². The van der Waals surface area contributed by atoms with Crippen molar-refractivity contribution in [2.75, 3.05) is 6.61 Å². The van der Waals surface area contributed by atoms with Crippen molar-refractivity contribution in [1.82, 2.24) is 10.1 Å². The Labute approximate surface area is 108 Å². The molecule has 2 N–H and O–H groups in total. The summed E-state index contributed by atoms with van der Waals surface area (Å²) >= 11 is 0. The lowest BCUT2D eigenvalue weighted by atomic mass is 9.95. The first-order valence-electron chi connectivity index (χ1n) is 6.85. The number of unbranched alkanes of at least 4 members (excludes halogenated alkanes) is 1. The maximum atomic E-state index is 6.20. The zero-order valence-corrected chi connectivity index (χ0v) is 11.3. The molecule has 102 valence electrons. The molecule has 1 heterocycles. The third-order valence-electron chi connectivity index (χ3n) is 3.39. The highest BCUT2D eigenvalue weighted by atomic mass is 16.5. The minimum atomic E-state index is -0.663. The van der Waals surface area contributed by atoms with Gasteiger partial charge in [0, 0.05) is 6.42 Å². The summed E-state index contributed by atoms with van der Waals surface area (Å²) in [5, 5.41) is 3.97. The summed E-state index contributed by atoms with van der Waals surface area (Å²) < 4.78 is 10.9. The smallest absolute Gasteiger partial charge is 0.226 e. The van der Waals surface area contributed by atoms with Crippen molar-refractivity contribution in [3.8, 4) is 0 Å². The van der Waals surface area contributed by atoms with Gasteiger partial charge in [-0.05, 0) is 32.6 Å². The summed E-state index contributed by atoms with van der Waals surface area (Å²) in [6, 6.07) is 0. The molecule has 0 aliphatic heterocycles. The van der Waals surface area contributed by atoms with Gasteiger partial charge in [0.1, 0.15) is 5.54 Å². The first-order chi connectivity index (χ1) is 8.62. The topological polar surface area (TPSA) is 74.2 Å². The Balaban J connectivity index is 1.88. The fraction of sp³-hybridized carbons (Fsp3) is 0.846. The quantitative estimate of drug-likeness (QED) is 0.806. The number of hydrogen-bond acceptors (Lipinski definition) is 5. The number of aromatic nitrogens is 2. The third kappa shape index (κ3) is 3.29. The predicted octanol–water partition coefficient (Wildman–Crippen LogP) is 2.16. The molecule has 0 radical (unpaired) electrons. The van der Waals surface area contributed by atoms with E-state index in [0.717, 1.165) is 32.1 Å². The van der Waals surface area contributed by atoms with Crippen LogP contribution in [0.2, 0.25) is 0 Å². The van der Waals surface area contributed by atoms with Gasteiger partial charge in [0.2, 0.25) is 5.89 Å². The van der Waals surface area contributed by atoms with Crippen molar-refractivity contribution >= 4 is 0 Å². The van der Waals surface area contributed by atoms with Gasteiger partial charge in [0.15, 0.2) is 5.82 Å². The molecule has 1 saturated carbocycles. The molecule has 1 aromatic rings. The third-order valence-corrected chi connectivity index (χ3v) is 3.39. The Hall–Kier alpha value is -0.940. The van der Waals surface area contributed by atoms with E-state index in [1.807, 2.05) is 6.92 Å². The van der Waals surface area contributed by atoms with Crippen LogP contribution in [0, 0.1) is 0 Å². The normalized spacial score (nSPS) is 19.5. The Bertz CT molecular complexity index is 372. The minimum absolute atomic E-state index is 0.374. The number of hydrogen-bond donors (Lipinski definition) is 1. The molecule has 5 heteroatoms. The van der Waals surface area contributed by atoms with E-state index in [1.54, 1.807) is 0 Å². The first-order valence-corrected chi connectivity index (χ1v) is 6.85. The molecule has 2 rings (SSSR count). The molecule has 18 heavy (non-hydrogen) atoms. The molecule has 1 aliphatic rings. The Morgan fingerprint density at radius 3 is 2.89 bits per heavy atom.